The van der Waals surface area contributed by atoms with Gasteiger partial charge in [0.05, 0.1) is 7.11 Å². The van der Waals surface area contributed by atoms with Crippen LogP contribution in [0.4, 0.5) is 15.3 Å². The van der Waals surface area contributed by atoms with Gasteiger partial charge in [-0.2, -0.15) is 0 Å². The molecule has 1 fully saturated rings. The first-order valence-corrected chi connectivity index (χ1v) is 10.4. The highest BCUT2D eigenvalue weighted by Crippen LogP contribution is 2.26. The van der Waals surface area contributed by atoms with Crippen molar-refractivity contribution in [3.8, 4) is 0 Å². The molecule has 1 aliphatic rings. The third kappa shape index (κ3) is 7.65. The molecule has 8 heteroatoms. The first-order valence-electron chi connectivity index (χ1n) is 10.0. The summed E-state index contributed by atoms with van der Waals surface area (Å²) in [6.07, 6.45) is 1.90. The number of carbonyl (C=O) groups is 2. The molecule has 162 valence electrons. The molecule has 2 amide bonds. The van der Waals surface area contributed by atoms with Crippen LogP contribution in [0.5, 0.6) is 0 Å². The fourth-order valence-electron chi connectivity index (χ4n) is 3.39. The molecule has 1 saturated heterocycles. The molecular formula is C21H32ClN3O4. The van der Waals surface area contributed by atoms with Gasteiger partial charge in [-0.05, 0) is 58.2 Å². The van der Waals surface area contributed by atoms with Gasteiger partial charge in [-0.25, -0.2) is 9.59 Å². The molecule has 2 rings (SSSR count). The maximum Gasteiger partial charge on any atom is 0.410 e. The van der Waals surface area contributed by atoms with Gasteiger partial charge in [0.2, 0.25) is 0 Å². The Morgan fingerprint density at radius 1 is 1.34 bits per heavy atom. The monoisotopic (exact) mass is 425 g/mol. The minimum Gasteiger partial charge on any atom is -0.453 e. The van der Waals surface area contributed by atoms with Crippen LogP contribution in [0.3, 0.4) is 0 Å². The molecule has 1 atom stereocenters. The highest BCUT2D eigenvalue weighted by atomic mass is 35.5. The predicted molar refractivity (Wildman–Crippen MR) is 115 cm³/mol. The summed E-state index contributed by atoms with van der Waals surface area (Å²) in [5.74, 6) is 0. The number of hydrogen-bond acceptors (Lipinski definition) is 5. The van der Waals surface area contributed by atoms with Crippen LogP contribution >= 0.6 is 11.6 Å². The summed E-state index contributed by atoms with van der Waals surface area (Å²) in [7, 11) is 1.35. The molecule has 1 N–H and O–H groups in total. The van der Waals surface area contributed by atoms with E-state index >= 15 is 0 Å². The molecule has 1 unspecified atom stereocenters. The van der Waals surface area contributed by atoms with Gasteiger partial charge in [0.25, 0.3) is 0 Å². The zero-order valence-electron chi connectivity index (χ0n) is 17.7. The first-order chi connectivity index (χ1) is 13.7. The Bertz CT molecular complexity index is 693. The van der Waals surface area contributed by atoms with Gasteiger partial charge in [0.15, 0.2) is 0 Å². The summed E-state index contributed by atoms with van der Waals surface area (Å²) >= 11 is 6.22. The number of methoxy groups -OCH3 is 1. The van der Waals surface area contributed by atoms with E-state index in [2.05, 4.69) is 15.0 Å². The number of alkyl carbamates (subject to hydrolysis) is 1. The molecule has 1 aliphatic heterocycles. The molecule has 0 radical (unpaired) electrons. The molecule has 0 bridgehead atoms. The number of nitrogens with zero attached hydrogens (tertiary/aromatic N) is 2. The van der Waals surface area contributed by atoms with Crippen LogP contribution in [0.2, 0.25) is 5.02 Å². The molecule has 1 aromatic rings. The zero-order valence-corrected chi connectivity index (χ0v) is 18.5. The summed E-state index contributed by atoms with van der Waals surface area (Å²) < 4.78 is 10.2. The Hall–Kier alpha value is -2.15. The van der Waals surface area contributed by atoms with Crippen LogP contribution in [-0.2, 0) is 9.47 Å². The molecule has 7 nitrogen and oxygen atoms in total. The number of nitrogens with one attached hydrogen (secondary N) is 1. The Morgan fingerprint density at radius 3 is 2.76 bits per heavy atom. The van der Waals surface area contributed by atoms with Gasteiger partial charge in [0.1, 0.15) is 5.60 Å². The van der Waals surface area contributed by atoms with E-state index in [1.54, 1.807) is 4.90 Å². The lowest BCUT2D eigenvalue weighted by Gasteiger charge is -2.41. The number of ether oxygens (including phenoxy) is 2. The van der Waals surface area contributed by atoms with Crippen LogP contribution in [0.1, 0.15) is 40.0 Å². The molecule has 1 heterocycles. The molecule has 0 spiro atoms. The second-order valence-electron chi connectivity index (χ2n) is 8.17. The van der Waals surface area contributed by atoms with Crippen molar-refractivity contribution in [2.24, 2.45) is 0 Å². The molecule has 1 aromatic carbocycles. The predicted octanol–water partition coefficient (Wildman–Crippen LogP) is 4.29. The van der Waals surface area contributed by atoms with E-state index in [9.17, 15) is 9.59 Å². The van der Waals surface area contributed by atoms with Crippen molar-refractivity contribution in [1.29, 1.82) is 0 Å². The van der Waals surface area contributed by atoms with Gasteiger partial charge < -0.3 is 24.6 Å². The standard InChI is InChI=1S/C21H32ClN3O4/c1-21(2,3)29-20(27)24-12-6-10-18(15-24)25(13-7-11-23-19(26)28-4)17-9-5-8-16(22)14-17/h5,8-9,14,18H,6-7,10-13,15H2,1-4H3,(H,23,26). The Balaban J connectivity index is 2.08. The van der Waals surface area contributed by atoms with Crippen molar-refractivity contribution in [3.63, 3.8) is 0 Å². The summed E-state index contributed by atoms with van der Waals surface area (Å²) in [5, 5.41) is 3.37. The lowest BCUT2D eigenvalue weighted by atomic mass is 10.0. The van der Waals surface area contributed by atoms with E-state index in [1.807, 2.05) is 45.0 Å². The van der Waals surface area contributed by atoms with Crippen molar-refractivity contribution in [3.05, 3.63) is 29.3 Å². The minimum absolute atomic E-state index is 0.146. The topological polar surface area (TPSA) is 71.1 Å². The van der Waals surface area contributed by atoms with E-state index in [1.165, 1.54) is 7.11 Å². The Morgan fingerprint density at radius 2 is 2.10 bits per heavy atom. The molecule has 0 aliphatic carbocycles. The van der Waals surface area contributed by atoms with Crippen molar-refractivity contribution < 1.29 is 19.1 Å². The average molecular weight is 426 g/mol. The maximum atomic E-state index is 12.5. The molecular weight excluding hydrogens is 394 g/mol. The van der Waals surface area contributed by atoms with E-state index in [4.69, 9.17) is 16.3 Å². The van der Waals surface area contributed by atoms with Crippen molar-refractivity contribution in [1.82, 2.24) is 10.2 Å². The summed E-state index contributed by atoms with van der Waals surface area (Å²) in [5.41, 5.74) is 0.488. The summed E-state index contributed by atoms with van der Waals surface area (Å²) in [6, 6.07) is 7.86. The minimum atomic E-state index is -0.518. The number of anilines is 1. The highest BCUT2D eigenvalue weighted by Gasteiger charge is 2.30. The van der Waals surface area contributed by atoms with Crippen molar-refractivity contribution in [2.75, 3.05) is 38.2 Å². The van der Waals surface area contributed by atoms with Crippen LogP contribution in [0.25, 0.3) is 0 Å². The fraction of sp³-hybridized carbons (Fsp3) is 0.619. The normalized spacial score (nSPS) is 16.9. The quantitative estimate of drug-likeness (QED) is 0.688. The van der Waals surface area contributed by atoms with E-state index in [0.29, 0.717) is 24.7 Å². The third-order valence-electron chi connectivity index (χ3n) is 4.66. The lowest BCUT2D eigenvalue weighted by Crippen LogP contribution is -2.51. The smallest absolute Gasteiger partial charge is 0.410 e. The largest absolute Gasteiger partial charge is 0.453 e. The van der Waals surface area contributed by atoms with Crippen LogP contribution in [0.15, 0.2) is 24.3 Å². The maximum absolute atomic E-state index is 12.5. The number of piperidine rings is 1. The van der Waals surface area contributed by atoms with Gasteiger partial charge in [-0.3, -0.25) is 0 Å². The number of benzene rings is 1. The molecule has 0 saturated carbocycles. The number of rotatable bonds is 6. The average Bonchev–Trinajstić information content (AvgIpc) is 2.66. The SMILES string of the molecule is COC(=O)NCCCN(c1cccc(Cl)c1)C1CCCN(C(=O)OC(C)(C)C)C1. The van der Waals surface area contributed by atoms with Gasteiger partial charge in [-0.15, -0.1) is 0 Å². The van der Waals surface area contributed by atoms with E-state index in [-0.39, 0.29) is 12.1 Å². The first kappa shape index (κ1) is 23.1. The highest BCUT2D eigenvalue weighted by molar-refractivity contribution is 6.30. The van der Waals surface area contributed by atoms with E-state index < -0.39 is 11.7 Å². The zero-order chi connectivity index (χ0) is 21.4. The molecule has 0 aromatic heterocycles. The van der Waals surface area contributed by atoms with Gasteiger partial charge in [0, 0.05) is 42.9 Å². The number of carbonyl (C=O) groups excluding carboxylic acids is 2. The number of halogens is 1. The van der Waals surface area contributed by atoms with Gasteiger partial charge in [-0.1, -0.05) is 17.7 Å². The van der Waals surface area contributed by atoms with Crippen molar-refractivity contribution >= 4 is 29.5 Å². The lowest BCUT2D eigenvalue weighted by molar-refractivity contribution is 0.0197. The number of amides is 2. The summed E-state index contributed by atoms with van der Waals surface area (Å²) in [6.45, 7) is 8.13. The van der Waals surface area contributed by atoms with Crippen LogP contribution in [0, 0.1) is 0 Å². The fourth-order valence-corrected chi connectivity index (χ4v) is 3.58. The van der Waals surface area contributed by atoms with Crippen LogP contribution < -0.4 is 10.2 Å². The Labute approximate surface area is 178 Å². The van der Waals surface area contributed by atoms with Gasteiger partial charge >= 0.3 is 12.2 Å². The van der Waals surface area contributed by atoms with E-state index in [0.717, 1.165) is 31.5 Å². The van der Waals surface area contributed by atoms with Crippen LogP contribution in [-0.4, -0.2) is 62.0 Å². The van der Waals surface area contributed by atoms with Crippen molar-refractivity contribution in [2.45, 2.75) is 51.7 Å². The Kier molecular flexibility index (Phi) is 8.44. The number of hydrogen-bond donors (Lipinski definition) is 1. The molecule has 29 heavy (non-hydrogen) atoms. The second kappa shape index (κ2) is 10.6. The summed E-state index contributed by atoms with van der Waals surface area (Å²) in [4.78, 5) is 27.9. The number of likely N-dealkylation sites (tertiary alicyclic amines) is 1. The second-order valence-corrected chi connectivity index (χ2v) is 8.60. The third-order valence-corrected chi connectivity index (χ3v) is 4.89.